The van der Waals surface area contributed by atoms with Crippen LogP contribution in [0.25, 0.3) is 0 Å². The zero-order valence-electron chi connectivity index (χ0n) is 14.3. The fraction of sp³-hybridized carbons (Fsp3) is 0.688. The van der Waals surface area contributed by atoms with Crippen molar-refractivity contribution < 1.29 is 14.7 Å². The number of hydrogen-bond donors (Lipinski definition) is 2. The molecule has 6 nitrogen and oxygen atoms in total. The Bertz CT molecular complexity index is 551. The summed E-state index contributed by atoms with van der Waals surface area (Å²) in [7, 11) is 0. The van der Waals surface area contributed by atoms with Crippen LogP contribution in [-0.2, 0) is 9.59 Å². The topological polar surface area (TPSA) is 84.2 Å². The Morgan fingerprint density at radius 1 is 1.36 bits per heavy atom. The Labute approximate surface area is 131 Å². The number of carbonyl (C=O) groups excluding carboxylic acids is 1. The molecule has 0 aliphatic carbocycles. The molecular formula is C16H27N3O3. The van der Waals surface area contributed by atoms with E-state index in [-0.39, 0.29) is 30.7 Å². The maximum absolute atomic E-state index is 12.3. The van der Waals surface area contributed by atoms with E-state index in [9.17, 15) is 9.59 Å². The number of nitrogens with one attached hydrogen (secondary N) is 1. The highest BCUT2D eigenvalue weighted by molar-refractivity contribution is 5.78. The minimum absolute atomic E-state index is 0.0246. The van der Waals surface area contributed by atoms with E-state index in [1.807, 2.05) is 45.4 Å². The summed E-state index contributed by atoms with van der Waals surface area (Å²) in [5.41, 5.74) is 1.18. The molecule has 0 aromatic carbocycles. The Balaban J connectivity index is 2.75. The molecule has 0 saturated carbocycles. The number of amides is 1. The SMILES string of the molecule is Cc1cc(C)n(C(C)CC(=O)NC(C)(CC(=O)O)C(C)C)n1. The second-order valence-corrected chi connectivity index (χ2v) is 6.62. The Hall–Kier alpha value is -1.85. The number of aromatic nitrogens is 2. The van der Waals surface area contributed by atoms with Gasteiger partial charge in [0.25, 0.3) is 0 Å². The summed E-state index contributed by atoms with van der Waals surface area (Å²) in [5, 5.41) is 16.3. The summed E-state index contributed by atoms with van der Waals surface area (Å²) in [4.78, 5) is 23.3. The Morgan fingerprint density at radius 3 is 2.36 bits per heavy atom. The van der Waals surface area contributed by atoms with E-state index in [0.717, 1.165) is 11.4 Å². The third kappa shape index (κ3) is 4.58. The highest BCUT2D eigenvalue weighted by Gasteiger charge is 2.33. The van der Waals surface area contributed by atoms with Crippen molar-refractivity contribution in [2.75, 3.05) is 0 Å². The van der Waals surface area contributed by atoms with E-state index < -0.39 is 11.5 Å². The molecule has 0 bridgehead atoms. The molecule has 0 radical (unpaired) electrons. The number of aliphatic carboxylic acids is 1. The summed E-state index contributed by atoms with van der Waals surface area (Å²) in [6.07, 6.45) is 0.175. The van der Waals surface area contributed by atoms with Crippen LogP contribution in [0.2, 0.25) is 0 Å². The second-order valence-electron chi connectivity index (χ2n) is 6.62. The lowest BCUT2D eigenvalue weighted by Crippen LogP contribution is -2.51. The van der Waals surface area contributed by atoms with E-state index in [1.54, 1.807) is 6.92 Å². The monoisotopic (exact) mass is 309 g/mol. The summed E-state index contributed by atoms with van der Waals surface area (Å²) >= 11 is 0. The van der Waals surface area contributed by atoms with E-state index in [4.69, 9.17) is 5.11 Å². The fourth-order valence-electron chi connectivity index (χ4n) is 2.52. The van der Waals surface area contributed by atoms with Crippen molar-refractivity contribution >= 4 is 11.9 Å². The van der Waals surface area contributed by atoms with Gasteiger partial charge < -0.3 is 10.4 Å². The van der Waals surface area contributed by atoms with Crippen LogP contribution in [-0.4, -0.2) is 32.3 Å². The number of aryl methyl sites for hydroxylation is 2. The maximum Gasteiger partial charge on any atom is 0.305 e. The highest BCUT2D eigenvalue weighted by atomic mass is 16.4. The number of rotatable bonds is 7. The number of carbonyl (C=O) groups is 2. The number of carboxylic acid groups (broad SMARTS) is 1. The minimum atomic E-state index is -0.914. The molecule has 0 fully saturated rings. The second kappa shape index (κ2) is 6.94. The van der Waals surface area contributed by atoms with Crippen LogP contribution in [0.15, 0.2) is 6.07 Å². The quantitative estimate of drug-likeness (QED) is 0.810. The molecule has 2 unspecified atom stereocenters. The molecule has 1 heterocycles. The van der Waals surface area contributed by atoms with Crippen LogP contribution >= 0.6 is 0 Å². The van der Waals surface area contributed by atoms with Gasteiger partial charge in [-0.1, -0.05) is 13.8 Å². The largest absolute Gasteiger partial charge is 0.481 e. The van der Waals surface area contributed by atoms with Crippen molar-refractivity contribution in [2.45, 2.75) is 66.0 Å². The molecule has 1 aromatic rings. The molecule has 1 amide bonds. The van der Waals surface area contributed by atoms with Gasteiger partial charge in [-0.2, -0.15) is 5.10 Å². The zero-order chi connectivity index (χ0) is 17.1. The van der Waals surface area contributed by atoms with E-state index in [1.165, 1.54) is 0 Å². The van der Waals surface area contributed by atoms with Crippen molar-refractivity contribution in [1.29, 1.82) is 0 Å². The molecule has 22 heavy (non-hydrogen) atoms. The van der Waals surface area contributed by atoms with Gasteiger partial charge in [-0.05, 0) is 39.7 Å². The highest BCUT2D eigenvalue weighted by Crippen LogP contribution is 2.22. The van der Waals surface area contributed by atoms with E-state index >= 15 is 0 Å². The minimum Gasteiger partial charge on any atom is -0.481 e. The summed E-state index contributed by atoms with van der Waals surface area (Å²) in [6.45, 7) is 11.4. The third-order valence-corrected chi connectivity index (χ3v) is 4.16. The first-order chi connectivity index (χ1) is 10.0. The van der Waals surface area contributed by atoms with Crippen LogP contribution in [0.4, 0.5) is 0 Å². The summed E-state index contributed by atoms with van der Waals surface area (Å²) < 4.78 is 1.83. The van der Waals surface area contributed by atoms with E-state index in [0.29, 0.717) is 0 Å². The predicted octanol–water partition coefficient (Wildman–Crippen LogP) is 2.46. The van der Waals surface area contributed by atoms with Gasteiger partial charge in [-0.15, -0.1) is 0 Å². The van der Waals surface area contributed by atoms with Crippen LogP contribution in [0.1, 0.15) is 58.0 Å². The first-order valence-corrected chi connectivity index (χ1v) is 7.60. The first-order valence-electron chi connectivity index (χ1n) is 7.60. The van der Waals surface area contributed by atoms with Crippen molar-refractivity contribution in [2.24, 2.45) is 5.92 Å². The van der Waals surface area contributed by atoms with Crippen LogP contribution in [0.5, 0.6) is 0 Å². The fourth-order valence-corrected chi connectivity index (χ4v) is 2.52. The van der Waals surface area contributed by atoms with E-state index in [2.05, 4.69) is 10.4 Å². The third-order valence-electron chi connectivity index (χ3n) is 4.16. The van der Waals surface area contributed by atoms with Gasteiger partial charge in [0.2, 0.25) is 5.91 Å². The normalized spacial score (nSPS) is 15.4. The van der Waals surface area contributed by atoms with Gasteiger partial charge in [0.15, 0.2) is 0 Å². The lowest BCUT2D eigenvalue weighted by molar-refractivity contribution is -0.139. The lowest BCUT2D eigenvalue weighted by Gasteiger charge is -2.34. The predicted molar refractivity (Wildman–Crippen MR) is 84.7 cm³/mol. The van der Waals surface area contributed by atoms with Crippen molar-refractivity contribution in [3.63, 3.8) is 0 Å². The summed E-state index contributed by atoms with van der Waals surface area (Å²) in [5.74, 6) is -1.04. The molecule has 0 aliphatic heterocycles. The molecule has 1 aromatic heterocycles. The average molecular weight is 309 g/mol. The van der Waals surface area contributed by atoms with Crippen molar-refractivity contribution in [3.8, 4) is 0 Å². The molecule has 2 atom stereocenters. The molecular weight excluding hydrogens is 282 g/mol. The molecule has 124 valence electrons. The van der Waals surface area contributed by atoms with Gasteiger partial charge in [-0.25, -0.2) is 0 Å². The van der Waals surface area contributed by atoms with Crippen molar-refractivity contribution in [3.05, 3.63) is 17.5 Å². The van der Waals surface area contributed by atoms with Crippen molar-refractivity contribution in [1.82, 2.24) is 15.1 Å². The number of hydrogen-bond acceptors (Lipinski definition) is 3. The standard InChI is InChI=1S/C16H27N3O3/c1-10(2)16(6,9-15(21)22)17-14(20)8-13(5)19-12(4)7-11(3)18-19/h7,10,13H,8-9H2,1-6H3,(H,17,20)(H,21,22). The van der Waals surface area contributed by atoms with Gasteiger partial charge in [-0.3, -0.25) is 14.3 Å². The molecule has 2 N–H and O–H groups in total. The average Bonchev–Trinajstić information content (AvgIpc) is 2.66. The number of carboxylic acids is 1. The van der Waals surface area contributed by atoms with Crippen LogP contribution in [0.3, 0.4) is 0 Å². The van der Waals surface area contributed by atoms with Gasteiger partial charge in [0.05, 0.1) is 18.2 Å². The smallest absolute Gasteiger partial charge is 0.305 e. The van der Waals surface area contributed by atoms with Gasteiger partial charge in [0.1, 0.15) is 0 Å². The van der Waals surface area contributed by atoms with Crippen LogP contribution in [0, 0.1) is 19.8 Å². The summed E-state index contributed by atoms with van der Waals surface area (Å²) in [6, 6.07) is 1.90. The molecule has 1 rings (SSSR count). The first kappa shape index (κ1) is 18.2. The van der Waals surface area contributed by atoms with Gasteiger partial charge >= 0.3 is 5.97 Å². The number of nitrogens with zero attached hydrogens (tertiary/aromatic N) is 2. The Morgan fingerprint density at radius 2 is 1.95 bits per heavy atom. The molecule has 6 heteroatoms. The Kier molecular flexibility index (Phi) is 5.74. The van der Waals surface area contributed by atoms with Gasteiger partial charge in [0, 0.05) is 17.7 Å². The van der Waals surface area contributed by atoms with Crippen LogP contribution < -0.4 is 5.32 Å². The molecule has 0 saturated heterocycles. The lowest BCUT2D eigenvalue weighted by atomic mass is 9.85. The zero-order valence-corrected chi connectivity index (χ0v) is 14.3. The maximum atomic E-state index is 12.3. The molecule has 0 spiro atoms. The molecule has 0 aliphatic rings.